The number of nitrogens with zero attached hydrogens (tertiary/aromatic N) is 1. The maximum absolute atomic E-state index is 12.4. The van der Waals surface area contributed by atoms with Gasteiger partial charge in [0.25, 0.3) is 0 Å². The summed E-state index contributed by atoms with van der Waals surface area (Å²) in [6.07, 6.45) is 4.06. The molecule has 0 aromatic carbocycles. The fraction of sp³-hybridized carbons (Fsp3) is 0.857. The highest BCUT2D eigenvalue weighted by atomic mass is 32.2. The molecular weight excluding hydrogens is 294 g/mol. The van der Waals surface area contributed by atoms with Gasteiger partial charge in [-0.25, -0.2) is 13.2 Å². The Bertz CT molecular complexity index is 538. The summed E-state index contributed by atoms with van der Waals surface area (Å²) in [5.74, 6) is -0.868. The number of hydrogen-bond donors (Lipinski definition) is 1. The fourth-order valence-electron chi connectivity index (χ4n) is 3.20. The Morgan fingerprint density at radius 3 is 2.43 bits per heavy atom. The number of sulfone groups is 1. The number of carbonyl (C=O) groups excluding carboxylic acids is 1. The van der Waals surface area contributed by atoms with Crippen molar-refractivity contribution in [1.82, 2.24) is 4.90 Å². The first-order valence-electron chi connectivity index (χ1n) is 7.32. The molecule has 0 aromatic heterocycles. The Morgan fingerprint density at radius 2 is 1.95 bits per heavy atom. The summed E-state index contributed by atoms with van der Waals surface area (Å²) in [5, 5.41) is 9.29. The normalized spacial score (nSPS) is 28.2. The highest BCUT2D eigenvalue weighted by Gasteiger charge is 2.48. The Labute approximate surface area is 125 Å². The lowest BCUT2D eigenvalue weighted by atomic mass is 9.91. The smallest absolute Gasteiger partial charge is 0.326 e. The van der Waals surface area contributed by atoms with Crippen LogP contribution in [0.15, 0.2) is 0 Å². The molecule has 1 N–H and O–H groups in total. The van der Waals surface area contributed by atoms with Crippen molar-refractivity contribution < 1.29 is 23.1 Å². The maximum Gasteiger partial charge on any atom is 0.326 e. The first kappa shape index (κ1) is 16.3. The van der Waals surface area contributed by atoms with Gasteiger partial charge in [-0.1, -0.05) is 6.92 Å². The van der Waals surface area contributed by atoms with Crippen LogP contribution in [0.1, 0.15) is 39.0 Å². The van der Waals surface area contributed by atoms with Crippen molar-refractivity contribution in [2.24, 2.45) is 11.3 Å². The van der Waals surface area contributed by atoms with E-state index in [2.05, 4.69) is 0 Å². The first-order chi connectivity index (χ1) is 9.62. The van der Waals surface area contributed by atoms with E-state index in [4.69, 9.17) is 0 Å². The summed E-state index contributed by atoms with van der Waals surface area (Å²) < 4.78 is 22.9. The molecule has 6 nitrogen and oxygen atoms in total. The van der Waals surface area contributed by atoms with E-state index in [1.165, 1.54) is 11.2 Å². The molecule has 1 aliphatic carbocycles. The van der Waals surface area contributed by atoms with Crippen LogP contribution in [0.3, 0.4) is 0 Å². The van der Waals surface area contributed by atoms with Crippen LogP contribution < -0.4 is 0 Å². The Kier molecular flexibility index (Phi) is 4.33. The predicted molar refractivity (Wildman–Crippen MR) is 77.5 cm³/mol. The van der Waals surface area contributed by atoms with Crippen LogP contribution in [0.5, 0.6) is 0 Å². The maximum atomic E-state index is 12.4. The zero-order valence-corrected chi connectivity index (χ0v) is 13.4. The minimum absolute atomic E-state index is 0.0215. The Balaban J connectivity index is 2.04. The summed E-state index contributed by atoms with van der Waals surface area (Å²) in [4.78, 5) is 25.2. The van der Waals surface area contributed by atoms with Gasteiger partial charge in [0.15, 0.2) is 0 Å². The highest BCUT2D eigenvalue weighted by Crippen LogP contribution is 2.50. The third-order valence-electron chi connectivity index (χ3n) is 4.52. The lowest BCUT2D eigenvalue weighted by molar-refractivity contribution is -0.153. The molecule has 2 fully saturated rings. The van der Waals surface area contributed by atoms with Crippen molar-refractivity contribution in [1.29, 1.82) is 0 Å². The second-order valence-corrected chi connectivity index (χ2v) is 8.96. The monoisotopic (exact) mass is 317 g/mol. The quantitative estimate of drug-likeness (QED) is 0.814. The molecule has 0 radical (unpaired) electrons. The van der Waals surface area contributed by atoms with Gasteiger partial charge in [0.1, 0.15) is 15.9 Å². The van der Waals surface area contributed by atoms with Gasteiger partial charge in [-0.3, -0.25) is 4.79 Å². The van der Waals surface area contributed by atoms with Crippen LogP contribution in [0.2, 0.25) is 0 Å². The number of carbonyl (C=O) groups is 2. The minimum atomic E-state index is -3.12. The lowest BCUT2D eigenvalue weighted by Crippen LogP contribution is -2.50. The van der Waals surface area contributed by atoms with Gasteiger partial charge in [0, 0.05) is 19.2 Å². The molecular formula is C14H23NO5S. The highest BCUT2D eigenvalue weighted by molar-refractivity contribution is 7.90. The van der Waals surface area contributed by atoms with Gasteiger partial charge in [-0.2, -0.15) is 0 Å². The molecule has 2 rings (SSSR count). The van der Waals surface area contributed by atoms with Crippen LogP contribution in [-0.2, 0) is 19.4 Å². The van der Waals surface area contributed by atoms with Gasteiger partial charge in [0.2, 0.25) is 5.91 Å². The Morgan fingerprint density at radius 1 is 1.33 bits per heavy atom. The van der Waals surface area contributed by atoms with Crippen molar-refractivity contribution >= 4 is 21.7 Å². The third-order valence-corrected chi connectivity index (χ3v) is 5.66. The first-order valence-corrected chi connectivity index (χ1v) is 9.38. The average molecular weight is 317 g/mol. The van der Waals surface area contributed by atoms with Gasteiger partial charge in [-0.05, 0) is 37.0 Å². The number of likely N-dealkylation sites (tertiary alicyclic amines) is 1. The molecule has 120 valence electrons. The van der Waals surface area contributed by atoms with E-state index in [-0.39, 0.29) is 18.1 Å². The molecule has 2 unspecified atom stereocenters. The number of amides is 1. The second kappa shape index (κ2) is 5.59. The zero-order valence-electron chi connectivity index (χ0n) is 12.5. The molecule has 0 aromatic rings. The van der Waals surface area contributed by atoms with Crippen LogP contribution in [-0.4, -0.2) is 54.9 Å². The second-order valence-electron chi connectivity index (χ2n) is 6.82. The van der Waals surface area contributed by atoms with Crippen LogP contribution >= 0.6 is 0 Å². The molecule has 1 heterocycles. The predicted octanol–water partition coefficient (Wildman–Crippen LogP) is 0.913. The summed E-state index contributed by atoms with van der Waals surface area (Å²) in [7, 11) is -3.12. The van der Waals surface area contributed by atoms with E-state index in [0.29, 0.717) is 18.9 Å². The number of carboxylic acids is 1. The number of piperidine rings is 1. The number of hydrogen-bond acceptors (Lipinski definition) is 4. The zero-order chi connectivity index (χ0) is 15.8. The molecule has 1 saturated heterocycles. The molecule has 2 atom stereocenters. The van der Waals surface area contributed by atoms with E-state index in [1.54, 1.807) is 0 Å². The van der Waals surface area contributed by atoms with E-state index >= 15 is 0 Å². The molecule has 7 heteroatoms. The molecule has 1 saturated carbocycles. The summed E-state index contributed by atoms with van der Waals surface area (Å²) in [6.45, 7) is 2.44. The average Bonchev–Trinajstić information content (AvgIpc) is 3.05. The minimum Gasteiger partial charge on any atom is -0.480 e. The number of carboxylic acid groups (broad SMARTS) is 1. The molecule has 21 heavy (non-hydrogen) atoms. The molecule has 1 amide bonds. The van der Waals surface area contributed by atoms with E-state index in [9.17, 15) is 23.1 Å². The standard InChI is InChI=1S/C14H23NO5S/c1-10-3-6-15(11(7-10)13(17)18)12(16)8-14(4-5-14)9-21(2,19)20/h10-11H,3-9H2,1-2H3,(H,17,18). The van der Waals surface area contributed by atoms with Crippen LogP contribution in [0, 0.1) is 11.3 Å². The van der Waals surface area contributed by atoms with Crippen LogP contribution in [0.4, 0.5) is 0 Å². The van der Waals surface area contributed by atoms with Gasteiger partial charge in [0.05, 0.1) is 5.75 Å². The van der Waals surface area contributed by atoms with E-state index in [1.807, 2.05) is 6.92 Å². The van der Waals surface area contributed by atoms with Crippen molar-refractivity contribution in [3.05, 3.63) is 0 Å². The van der Waals surface area contributed by atoms with Gasteiger partial charge >= 0.3 is 5.97 Å². The van der Waals surface area contributed by atoms with Crippen molar-refractivity contribution in [3.63, 3.8) is 0 Å². The third kappa shape index (κ3) is 4.18. The summed E-state index contributed by atoms with van der Waals surface area (Å²) >= 11 is 0. The van der Waals surface area contributed by atoms with Crippen LogP contribution in [0.25, 0.3) is 0 Å². The van der Waals surface area contributed by atoms with Gasteiger partial charge in [-0.15, -0.1) is 0 Å². The van der Waals surface area contributed by atoms with E-state index in [0.717, 1.165) is 19.3 Å². The fourth-order valence-corrected chi connectivity index (χ4v) is 4.70. The van der Waals surface area contributed by atoms with Gasteiger partial charge < -0.3 is 10.0 Å². The Hall–Kier alpha value is -1.11. The largest absolute Gasteiger partial charge is 0.480 e. The lowest BCUT2D eigenvalue weighted by Gasteiger charge is -2.36. The molecule has 2 aliphatic rings. The van der Waals surface area contributed by atoms with Crippen molar-refractivity contribution in [3.8, 4) is 0 Å². The van der Waals surface area contributed by atoms with E-state index < -0.39 is 27.3 Å². The number of rotatable bonds is 5. The van der Waals surface area contributed by atoms with Crippen molar-refractivity contribution in [2.75, 3.05) is 18.6 Å². The summed E-state index contributed by atoms with van der Waals surface area (Å²) in [5.41, 5.74) is -0.448. The molecule has 0 bridgehead atoms. The molecule has 0 spiro atoms. The SMILES string of the molecule is CC1CCN(C(=O)CC2(CS(C)(=O)=O)CC2)C(C(=O)O)C1. The van der Waals surface area contributed by atoms with Crippen molar-refractivity contribution in [2.45, 2.75) is 45.1 Å². The summed E-state index contributed by atoms with van der Waals surface area (Å²) in [6, 6.07) is -0.768. The molecule has 1 aliphatic heterocycles. The number of aliphatic carboxylic acids is 1. The topological polar surface area (TPSA) is 91.8 Å².